The Bertz CT molecular complexity index is 296. The van der Waals surface area contributed by atoms with Crippen molar-refractivity contribution in [2.45, 2.75) is 51.6 Å². The van der Waals surface area contributed by atoms with Crippen LogP contribution in [-0.4, -0.2) is 59.8 Å². The van der Waals surface area contributed by atoms with Crippen LogP contribution in [0.15, 0.2) is 0 Å². The first-order chi connectivity index (χ1) is 7.70. The summed E-state index contributed by atoms with van der Waals surface area (Å²) in [6.07, 6.45) is -1.74. The van der Waals surface area contributed by atoms with E-state index in [1.807, 2.05) is 13.8 Å². The predicted molar refractivity (Wildman–Crippen MR) is 63.4 cm³/mol. The monoisotopic (exact) mass is 248 g/mol. The van der Waals surface area contributed by atoms with Crippen LogP contribution in [0.1, 0.15) is 27.7 Å². The highest BCUT2D eigenvalue weighted by Crippen LogP contribution is 2.32. The molecule has 1 aliphatic rings. The van der Waals surface area contributed by atoms with E-state index in [-0.39, 0.29) is 25.2 Å². The fourth-order valence-corrected chi connectivity index (χ4v) is 1.93. The van der Waals surface area contributed by atoms with Gasteiger partial charge in [-0.15, -0.1) is 0 Å². The molecule has 0 radical (unpaired) electrons. The van der Waals surface area contributed by atoms with Crippen molar-refractivity contribution in [1.29, 1.82) is 0 Å². The molecule has 0 saturated carbocycles. The van der Waals surface area contributed by atoms with Crippen LogP contribution in [0.3, 0.4) is 0 Å². The van der Waals surface area contributed by atoms with E-state index in [9.17, 15) is 13.6 Å². The average molecular weight is 248 g/mol. The largest absolute Gasteiger partial charge is 0.340 e. The maximum atomic E-state index is 14.5. The highest BCUT2D eigenvalue weighted by atomic mass is 19.2. The van der Waals surface area contributed by atoms with E-state index in [1.54, 1.807) is 18.7 Å². The minimum atomic E-state index is -2.39. The van der Waals surface area contributed by atoms with E-state index in [1.165, 1.54) is 11.9 Å². The number of halogens is 2. The number of likely N-dealkylation sites (tertiary alicyclic amines) is 1. The van der Waals surface area contributed by atoms with E-state index >= 15 is 0 Å². The molecule has 0 aromatic heterocycles. The number of hydrogen-bond acceptors (Lipinski definition) is 2. The second-order valence-electron chi connectivity index (χ2n) is 5.36. The van der Waals surface area contributed by atoms with Gasteiger partial charge in [-0.2, -0.15) is 0 Å². The zero-order chi connectivity index (χ0) is 13.4. The Morgan fingerprint density at radius 2 is 1.94 bits per heavy atom. The van der Waals surface area contributed by atoms with Gasteiger partial charge in [-0.3, -0.25) is 9.69 Å². The van der Waals surface area contributed by atoms with Gasteiger partial charge in [0.15, 0.2) is 6.17 Å². The third-order valence-corrected chi connectivity index (χ3v) is 3.51. The Labute approximate surface area is 102 Å². The molecule has 1 saturated heterocycles. The molecule has 1 unspecified atom stereocenters. The molecule has 1 fully saturated rings. The average Bonchev–Trinajstić information content (AvgIpc) is 2.54. The van der Waals surface area contributed by atoms with Gasteiger partial charge in [0, 0.05) is 32.2 Å². The molecule has 2 atom stereocenters. The summed E-state index contributed by atoms with van der Waals surface area (Å²) in [6, 6.07) is -0.0848. The molecule has 17 heavy (non-hydrogen) atoms. The Balaban J connectivity index is 2.85. The van der Waals surface area contributed by atoms with Gasteiger partial charge in [0.25, 0.3) is 5.91 Å². The van der Waals surface area contributed by atoms with Crippen LogP contribution in [0.4, 0.5) is 8.78 Å². The number of carbonyl (C=O) groups is 1. The van der Waals surface area contributed by atoms with Gasteiger partial charge in [-0.1, -0.05) is 0 Å². The van der Waals surface area contributed by atoms with Gasteiger partial charge in [0.05, 0.1) is 0 Å². The van der Waals surface area contributed by atoms with Crippen molar-refractivity contribution >= 4 is 5.91 Å². The molecule has 0 aliphatic carbocycles. The molecule has 1 aliphatic heterocycles. The minimum Gasteiger partial charge on any atom is -0.340 e. The summed E-state index contributed by atoms with van der Waals surface area (Å²) in [5.74, 6) is -0.747. The van der Waals surface area contributed by atoms with Crippen molar-refractivity contribution < 1.29 is 13.6 Å². The number of carbonyl (C=O) groups excluding carboxylic acids is 1. The van der Waals surface area contributed by atoms with Crippen molar-refractivity contribution in [3.05, 3.63) is 0 Å². The lowest BCUT2D eigenvalue weighted by molar-refractivity contribution is -0.146. The highest BCUT2D eigenvalue weighted by molar-refractivity contribution is 5.86. The van der Waals surface area contributed by atoms with Crippen LogP contribution in [0.5, 0.6) is 0 Å². The Morgan fingerprint density at radius 3 is 2.29 bits per heavy atom. The van der Waals surface area contributed by atoms with Gasteiger partial charge in [0.2, 0.25) is 5.67 Å². The fraction of sp³-hybridized carbons (Fsp3) is 0.917. The molecular formula is C12H22F2N2O. The third-order valence-electron chi connectivity index (χ3n) is 3.51. The quantitative estimate of drug-likeness (QED) is 0.758. The van der Waals surface area contributed by atoms with Crippen LogP contribution in [-0.2, 0) is 4.79 Å². The molecule has 1 rings (SSSR count). The molecule has 3 nitrogen and oxygen atoms in total. The summed E-state index contributed by atoms with van der Waals surface area (Å²) in [7, 11) is 1.51. The third kappa shape index (κ3) is 2.59. The first-order valence-electron chi connectivity index (χ1n) is 6.04. The summed E-state index contributed by atoms with van der Waals surface area (Å²) in [5.41, 5.74) is -2.39. The topological polar surface area (TPSA) is 23.6 Å². The summed E-state index contributed by atoms with van der Waals surface area (Å²) >= 11 is 0. The van der Waals surface area contributed by atoms with Crippen molar-refractivity contribution in [3.8, 4) is 0 Å². The highest BCUT2D eigenvalue weighted by Gasteiger charge is 2.55. The molecule has 1 heterocycles. The van der Waals surface area contributed by atoms with Crippen LogP contribution in [0, 0.1) is 0 Å². The standard InChI is InChI=1S/C12H22F2N2O/c1-8(2)15(5)11(17)12(14)7-16(9(3)4)6-10(12)13/h8-10H,6-7H2,1-5H3/t10?,12-/m0/s1. The first-order valence-corrected chi connectivity index (χ1v) is 6.04. The minimum absolute atomic E-state index is 0.00809. The summed E-state index contributed by atoms with van der Waals surface area (Å²) < 4.78 is 28.3. The summed E-state index contributed by atoms with van der Waals surface area (Å²) in [4.78, 5) is 14.9. The van der Waals surface area contributed by atoms with Crippen molar-refractivity contribution in [3.63, 3.8) is 0 Å². The number of alkyl halides is 2. The lowest BCUT2D eigenvalue weighted by Crippen LogP contribution is -2.52. The van der Waals surface area contributed by atoms with Crippen LogP contribution in [0.2, 0.25) is 0 Å². The first kappa shape index (κ1) is 14.4. The van der Waals surface area contributed by atoms with Gasteiger partial charge in [-0.25, -0.2) is 8.78 Å². The maximum Gasteiger partial charge on any atom is 0.264 e. The smallest absolute Gasteiger partial charge is 0.264 e. The SMILES string of the molecule is CC(C)N1CC(F)[C@](F)(C(=O)N(C)C(C)C)C1. The summed E-state index contributed by atoms with van der Waals surface area (Å²) in [6.45, 7) is 7.14. The van der Waals surface area contributed by atoms with E-state index in [2.05, 4.69) is 0 Å². The molecule has 100 valence electrons. The van der Waals surface area contributed by atoms with E-state index in [4.69, 9.17) is 0 Å². The van der Waals surface area contributed by atoms with Crippen molar-refractivity contribution in [2.24, 2.45) is 0 Å². The Morgan fingerprint density at radius 1 is 1.41 bits per heavy atom. The molecule has 5 heteroatoms. The normalized spacial score (nSPS) is 30.3. The molecule has 0 aromatic rings. The molecule has 0 aromatic carbocycles. The van der Waals surface area contributed by atoms with Gasteiger partial charge < -0.3 is 4.90 Å². The van der Waals surface area contributed by atoms with Gasteiger partial charge >= 0.3 is 0 Å². The fourth-order valence-electron chi connectivity index (χ4n) is 1.93. The number of nitrogens with zero attached hydrogens (tertiary/aromatic N) is 2. The van der Waals surface area contributed by atoms with Gasteiger partial charge in [-0.05, 0) is 27.7 Å². The number of rotatable bonds is 3. The molecule has 1 amide bonds. The second kappa shape index (κ2) is 4.88. The van der Waals surface area contributed by atoms with E-state index < -0.39 is 17.7 Å². The lowest BCUT2D eigenvalue weighted by Gasteiger charge is -2.30. The number of hydrogen-bond donors (Lipinski definition) is 0. The zero-order valence-corrected chi connectivity index (χ0v) is 11.2. The maximum absolute atomic E-state index is 14.5. The predicted octanol–water partition coefficient (Wildman–Crippen LogP) is 1.62. The Kier molecular flexibility index (Phi) is 4.12. The zero-order valence-electron chi connectivity index (χ0n) is 11.2. The van der Waals surface area contributed by atoms with Crippen molar-refractivity contribution in [1.82, 2.24) is 9.80 Å². The van der Waals surface area contributed by atoms with E-state index in [0.29, 0.717) is 0 Å². The Hall–Kier alpha value is -0.710. The van der Waals surface area contributed by atoms with Crippen LogP contribution in [0.25, 0.3) is 0 Å². The molecule has 0 N–H and O–H groups in total. The second-order valence-corrected chi connectivity index (χ2v) is 5.36. The lowest BCUT2D eigenvalue weighted by atomic mass is 10.0. The molecular weight excluding hydrogens is 226 g/mol. The van der Waals surface area contributed by atoms with Crippen molar-refractivity contribution in [2.75, 3.05) is 20.1 Å². The summed E-state index contributed by atoms with van der Waals surface area (Å²) in [5, 5.41) is 0. The van der Waals surface area contributed by atoms with E-state index in [0.717, 1.165) is 0 Å². The molecule has 0 bridgehead atoms. The van der Waals surface area contributed by atoms with Crippen LogP contribution < -0.4 is 0 Å². The van der Waals surface area contributed by atoms with Gasteiger partial charge in [0.1, 0.15) is 0 Å². The number of amides is 1. The van der Waals surface area contributed by atoms with Crippen LogP contribution >= 0.6 is 0 Å². The molecule has 0 spiro atoms.